The zero-order valence-electron chi connectivity index (χ0n) is 12.6. The Morgan fingerprint density at radius 2 is 1.86 bits per heavy atom. The molecule has 0 saturated carbocycles. The summed E-state index contributed by atoms with van der Waals surface area (Å²) in [6.07, 6.45) is 0. The van der Waals surface area contributed by atoms with E-state index in [2.05, 4.69) is 0 Å². The standard InChI is InChI=1S/C18H17NO3/c1-13-4-3-5-17(14(13)2)21-12-18(20)22-11-16-8-6-15(10-19)7-9-16/h3-9H,11-12H2,1-2H3. The van der Waals surface area contributed by atoms with E-state index >= 15 is 0 Å². The van der Waals surface area contributed by atoms with Gasteiger partial charge in [-0.05, 0) is 48.7 Å². The largest absolute Gasteiger partial charge is 0.482 e. The van der Waals surface area contributed by atoms with Crippen LogP contribution in [0.3, 0.4) is 0 Å². The highest BCUT2D eigenvalue weighted by Crippen LogP contribution is 2.20. The van der Waals surface area contributed by atoms with Gasteiger partial charge >= 0.3 is 5.97 Å². The molecule has 0 atom stereocenters. The quantitative estimate of drug-likeness (QED) is 0.794. The van der Waals surface area contributed by atoms with Crippen LogP contribution in [-0.4, -0.2) is 12.6 Å². The van der Waals surface area contributed by atoms with Crippen molar-refractivity contribution in [3.05, 3.63) is 64.7 Å². The molecule has 0 aliphatic rings. The molecule has 0 unspecified atom stereocenters. The molecule has 0 aromatic heterocycles. The molecule has 0 aliphatic carbocycles. The molecule has 0 bridgehead atoms. The van der Waals surface area contributed by atoms with E-state index in [0.29, 0.717) is 11.3 Å². The number of esters is 1. The first kappa shape index (κ1) is 15.6. The summed E-state index contributed by atoms with van der Waals surface area (Å²) in [6.45, 7) is 3.99. The summed E-state index contributed by atoms with van der Waals surface area (Å²) in [4.78, 5) is 11.7. The van der Waals surface area contributed by atoms with E-state index in [4.69, 9.17) is 14.7 Å². The van der Waals surface area contributed by atoms with Gasteiger partial charge in [-0.3, -0.25) is 0 Å². The number of nitrogens with zero attached hydrogens (tertiary/aromatic N) is 1. The van der Waals surface area contributed by atoms with E-state index in [0.717, 1.165) is 16.7 Å². The number of ether oxygens (including phenoxy) is 2. The predicted molar refractivity (Wildman–Crippen MR) is 82.4 cm³/mol. The molecule has 0 amide bonds. The first-order valence-electron chi connectivity index (χ1n) is 6.94. The average Bonchev–Trinajstić information content (AvgIpc) is 2.54. The fourth-order valence-corrected chi connectivity index (χ4v) is 1.90. The van der Waals surface area contributed by atoms with E-state index < -0.39 is 5.97 Å². The maximum atomic E-state index is 11.7. The van der Waals surface area contributed by atoms with Crippen LogP contribution in [0.1, 0.15) is 22.3 Å². The lowest BCUT2D eigenvalue weighted by Crippen LogP contribution is -2.15. The number of hydrogen-bond acceptors (Lipinski definition) is 4. The van der Waals surface area contributed by atoms with Crippen molar-refractivity contribution >= 4 is 5.97 Å². The highest BCUT2D eigenvalue weighted by atomic mass is 16.6. The van der Waals surface area contributed by atoms with Crippen LogP contribution in [0.2, 0.25) is 0 Å². The monoisotopic (exact) mass is 295 g/mol. The zero-order chi connectivity index (χ0) is 15.9. The van der Waals surface area contributed by atoms with E-state index in [1.54, 1.807) is 24.3 Å². The molecule has 22 heavy (non-hydrogen) atoms. The molecule has 2 aromatic rings. The van der Waals surface area contributed by atoms with Gasteiger partial charge in [-0.2, -0.15) is 5.26 Å². The van der Waals surface area contributed by atoms with Gasteiger partial charge in [0.15, 0.2) is 6.61 Å². The number of carbonyl (C=O) groups excluding carboxylic acids is 1. The molecule has 0 saturated heterocycles. The van der Waals surface area contributed by atoms with Crippen molar-refractivity contribution in [3.63, 3.8) is 0 Å². The highest BCUT2D eigenvalue weighted by Gasteiger charge is 2.07. The summed E-state index contributed by atoms with van der Waals surface area (Å²) in [7, 11) is 0. The second kappa shape index (κ2) is 7.28. The molecule has 0 fully saturated rings. The Balaban J connectivity index is 1.83. The molecule has 0 aliphatic heterocycles. The van der Waals surface area contributed by atoms with Gasteiger partial charge in [0.05, 0.1) is 11.6 Å². The minimum Gasteiger partial charge on any atom is -0.482 e. The molecule has 0 spiro atoms. The Bertz CT molecular complexity index is 699. The molecule has 0 N–H and O–H groups in total. The summed E-state index contributed by atoms with van der Waals surface area (Å²) >= 11 is 0. The Hall–Kier alpha value is -2.80. The second-order valence-electron chi connectivity index (χ2n) is 4.96. The van der Waals surface area contributed by atoms with Crippen LogP contribution in [0.4, 0.5) is 0 Å². The van der Waals surface area contributed by atoms with Crippen LogP contribution in [0.5, 0.6) is 5.75 Å². The van der Waals surface area contributed by atoms with Crippen molar-refractivity contribution in [2.75, 3.05) is 6.61 Å². The lowest BCUT2D eigenvalue weighted by Gasteiger charge is -2.10. The van der Waals surface area contributed by atoms with Crippen LogP contribution in [0, 0.1) is 25.2 Å². The van der Waals surface area contributed by atoms with Crippen LogP contribution in [0.25, 0.3) is 0 Å². The normalized spacial score (nSPS) is 9.86. The third-order valence-electron chi connectivity index (χ3n) is 3.38. The maximum Gasteiger partial charge on any atom is 0.344 e. The molecule has 0 radical (unpaired) electrons. The Morgan fingerprint density at radius 3 is 2.55 bits per heavy atom. The summed E-state index contributed by atoms with van der Waals surface area (Å²) in [5.74, 6) is 0.264. The van der Waals surface area contributed by atoms with Crippen molar-refractivity contribution in [2.45, 2.75) is 20.5 Å². The number of hydrogen-bond donors (Lipinski definition) is 0. The van der Waals surface area contributed by atoms with Gasteiger partial charge in [0.1, 0.15) is 12.4 Å². The minimum absolute atomic E-state index is 0.124. The van der Waals surface area contributed by atoms with E-state index in [1.165, 1.54) is 0 Å². The highest BCUT2D eigenvalue weighted by molar-refractivity contribution is 5.71. The summed E-state index contributed by atoms with van der Waals surface area (Å²) in [5, 5.41) is 8.71. The van der Waals surface area contributed by atoms with Gasteiger partial charge in [0.2, 0.25) is 0 Å². The lowest BCUT2D eigenvalue weighted by atomic mass is 10.1. The van der Waals surface area contributed by atoms with Gasteiger partial charge in [0.25, 0.3) is 0 Å². The number of rotatable bonds is 5. The summed E-state index contributed by atoms with van der Waals surface area (Å²) in [6, 6.07) is 14.7. The molecule has 2 aromatic carbocycles. The predicted octanol–water partition coefficient (Wildman–Crippen LogP) is 3.30. The van der Waals surface area contributed by atoms with Gasteiger partial charge in [0, 0.05) is 0 Å². The van der Waals surface area contributed by atoms with Crippen molar-refractivity contribution in [3.8, 4) is 11.8 Å². The van der Waals surface area contributed by atoms with Crippen LogP contribution in [0.15, 0.2) is 42.5 Å². The summed E-state index contributed by atoms with van der Waals surface area (Å²) < 4.78 is 10.6. The van der Waals surface area contributed by atoms with Crippen molar-refractivity contribution in [1.29, 1.82) is 5.26 Å². The van der Waals surface area contributed by atoms with E-state index in [9.17, 15) is 4.79 Å². The van der Waals surface area contributed by atoms with Gasteiger partial charge in [-0.1, -0.05) is 24.3 Å². The molecule has 2 rings (SSSR count). The van der Waals surface area contributed by atoms with Gasteiger partial charge in [-0.15, -0.1) is 0 Å². The molecular formula is C18H17NO3. The SMILES string of the molecule is Cc1cccc(OCC(=O)OCc2ccc(C#N)cc2)c1C. The van der Waals surface area contributed by atoms with Crippen molar-refractivity contribution in [2.24, 2.45) is 0 Å². The van der Waals surface area contributed by atoms with E-state index in [-0.39, 0.29) is 13.2 Å². The zero-order valence-corrected chi connectivity index (χ0v) is 12.6. The second-order valence-corrected chi connectivity index (χ2v) is 4.96. The lowest BCUT2D eigenvalue weighted by molar-refractivity contribution is -0.147. The van der Waals surface area contributed by atoms with Crippen molar-refractivity contribution in [1.82, 2.24) is 0 Å². The van der Waals surface area contributed by atoms with E-state index in [1.807, 2.05) is 38.1 Å². The third kappa shape index (κ3) is 4.10. The van der Waals surface area contributed by atoms with Crippen LogP contribution < -0.4 is 4.74 Å². The third-order valence-corrected chi connectivity index (χ3v) is 3.38. The maximum absolute atomic E-state index is 11.7. The van der Waals surface area contributed by atoms with Gasteiger partial charge in [-0.25, -0.2) is 4.79 Å². The summed E-state index contributed by atoms with van der Waals surface area (Å²) in [5.41, 5.74) is 3.54. The number of benzene rings is 2. The van der Waals surface area contributed by atoms with Crippen LogP contribution >= 0.6 is 0 Å². The first-order chi connectivity index (χ1) is 10.6. The molecule has 4 nitrogen and oxygen atoms in total. The fraction of sp³-hybridized carbons (Fsp3) is 0.222. The first-order valence-corrected chi connectivity index (χ1v) is 6.94. The Labute approximate surface area is 129 Å². The molecule has 4 heteroatoms. The number of aryl methyl sites for hydroxylation is 1. The Kier molecular flexibility index (Phi) is 5.16. The fourth-order valence-electron chi connectivity index (χ4n) is 1.90. The number of nitriles is 1. The minimum atomic E-state index is -0.426. The Morgan fingerprint density at radius 1 is 1.14 bits per heavy atom. The number of carbonyl (C=O) groups is 1. The smallest absolute Gasteiger partial charge is 0.344 e. The van der Waals surface area contributed by atoms with Crippen molar-refractivity contribution < 1.29 is 14.3 Å². The molecule has 112 valence electrons. The molecular weight excluding hydrogens is 278 g/mol. The van der Waals surface area contributed by atoms with Gasteiger partial charge < -0.3 is 9.47 Å². The molecule has 0 heterocycles. The van der Waals surface area contributed by atoms with Crippen LogP contribution in [-0.2, 0) is 16.1 Å². The average molecular weight is 295 g/mol. The topological polar surface area (TPSA) is 59.3 Å².